The van der Waals surface area contributed by atoms with Crippen molar-refractivity contribution in [3.8, 4) is 0 Å². The molecule has 4 aromatic rings. The van der Waals surface area contributed by atoms with Crippen LogP contribution in [0.5, 0.6) is 0 Å². The van der Waals surface area contributed by atoms with E-state index in [1.807, 2.05) is 82.0 Å². The Morgan fingerprint density at radius 2 is 1.79 bits per heavy atom. The van der Waals surface area contributed by atoms with Crippen LogP contribution in [0.2, 0.25) is 0 Å². The van der Waals surface area contributed by atoms with Crippen molar-refractivity contribution in [1.82, 2.24) is 20.1 Å². The van der Waals surface area contributed by atoms with Gasteiger partial charge in [-0.05, 0) is 86.1 Å². The summed E-state index contributed by atoms with van der Waals surface area (Å²) in [5.74, 6) is -0.541. The van der Waals surface area contributed by atoms with Crippen LogP contribution in [0.3, 0.4) is 0 Å². The zero-order valence-corrected chi connectivity index (χ0v) is 26.0. The Hall–Kier alpha value is -3.82. The lowest BCUT2D eigenvalue weighted by atomic mass is 9.89. The van der Waals surface area contributed by atoms with Crippen molar-refractivity contribution in [2.24, 2.45) is 0 Å². The number of carbonyl (C=O) groups is 2. The number of anilines is 1. The van der Waals surface area contributed by atoms with Crippen LogP contribution in [0.4, 0.5) is 14.9 Å². The molecule has 1 aliphatic rings. The molecule has 1 aromatic heterocycles. The summed E-state index contributed by atoms with van der Waals surface area (Å²) in [4.78, 5) is 35.9. The van der Waals surface area contributed by atoms with Crippen LogP contribution in [-0.2, 0) is 11.3 Å². The van der Waals surface area contributed by atoms with E-state index in [1.165, 1.54) is 12.1 Å². The molecule has 0 spiro atoms. The van der Waals surface area contributed by atoms with Gasteiger partial charge in [0.2, 0.25) is 5.91 Å². The molecule has 0 radical (unpaired) electrons. The molecule has 2 heterocycles. The van der Waals surface area contributed by atoms with E-state index in [4.69, 9.17) is 0 Å². The zero-order valence-electron chi connectivity index (χ0n) is 25.2. The third kappa shape index (κ3) is 7.22. The van der Waals surface area contributed by atoms with E-state index >= 15 is 0 Å². The number of para-hydroxylation sites is 1. The van der Waals surface area contributed by atoms with Crippen molar-refractivity contribution in [1.29, 1.82) is 0 Å². The average Bonchev–Trinajstić information content (AvgIpc) is 3.44. The van der Waals surface area contributed by atoms with Gasteiger partial charge in [0.25, 0.3) is 0 Å². The molecule has 0 saturated carbocycles. The Kier molecular flexibility index (Phi) is 9.72. The molecule has 3 N–H and O–H groups in total. The molecule has 1 fully saturated rings. The maximum absolute atomic E-state index is 14.1. The summed E-state index contributed by atoms with van der Waals surface area (Å²) < 4.78 is 13.4. The summed E-state index contributed by atoms with van der Waals surface area (Å²) in [6.45, 7) is 3.86. The van der Waals surface area contributed by atoms with Gasteiger partial charge in [0, 0.05) is 47.5 Å². The van der Waals surface area contributed by atoms with Gasteiger partial charge in [-0.25, -0.2) is 9.18 Å². The van der Waals surface area contributed by atoms with Crippen LogP contribution in [0.15, 0.2) is 77.8 Å². The number of halogens is 1. The van der Waals surface area contributed by atoms with Gasteiger partial charge in [-0.2, -0.15) is 0 Å². The average molecular weight is 602 g/mol. The molecule has 0 bridgehead atoms. The predicted molar refractivity (Wildman–Crippen MR) is 173 cm³/mol. The summed E-state index contributed by atoms with van der Waals surface area (Å²) in [6.07, 6.45) is 5.48. The van der Waals surface area contributed by atoms with Crippen LogP contribution in [0.1, 0.15) is 48.3 Å². The van der Waals surface area contributed by atoms with Crippen molar-refractivity contribution < 1.29 is 14.0 Å². The smallest absolute Gasteiger partial charge is 0.318 e. The SMILES string of the molecule is CSc1ccc(CN(C)C)cc1NC(=O)[C@H](NC(=O)N1CCC(c2ccc(F)cc2)CC1)[C@@H](C)c1c[nH]c2ccccc12. The number of H-pyrrole nitrogens is 1. The number of aromatic nitrogens is 1. The molecule has 9 heteroatoms. The van der Waals surface area contributed by atoms with Crippen molar-refractivity contribution in [2.45, 2.75) is 49.1 Å². The Balaban J connectivity index is 1.37. The Labute approximate surface area is 257 Å². The van der Waals surface area contributed by atoms with Crippen LogP contribution in [0.25, 0.3) is 10.9 Å². The highest BCUT2D eigenvalue weighted by atomic mass is 32.2. The number of benzene rings is 3. The lowest BCUT2D eigenvalue weighted by Gasteiger charge is -2.34. The third-order valence-corrected chi connectivity index (χ3v) is 9.11. The number of hydrogen-bond donors (Lipinski definition) is 3. The van der Waals surface area contributed by atoms with E-state index in [2.05, 4.69) is 26.6 Å². The van der Waals surface area contributed by atoms with E-state index in [-0.39, 0.29) is 29.6 Å². The minimum Gasteiger partial charge on any atom is -0.361 e. The summed E-state index contributed by atoms with van der Waals surface area (Å²) in [5, 5.41) is 7.29. The van der Waals surface area contributed by atoms with E-state index in [0.29, 0.717) is 13.1 Å². The Morgan fingerprint density at radius 1 is 1.07 bits per heavy atom. The van der Waals surface area contributed by atoms with Gasteiger partial charge in [0.05, 0.1) is 5.69 Å². The fraction of sp³-hybridized carbons (Fsp3) is 0.353. The van der Waals surface area contributed by atoms with E-state index in [1.54, 1.807) is 16.7 Å². The lowest BCUT2D eigenvalue weighted by molar-refractivity contribution is -0.118. The lowest BCUT2D eigenvalue weighted by Crippen LogP contribution is -2.53. The molecule has 43 heavy (non-hydrogen) atoms. The number of carbonyl (C=O) groups excluding carboxylic acids is 2. The maximum Gasteiger partial charge on any atom is 0.318 e. The molecule has 2 atom stereocenters. The van der Waals surface area contributed by atoms with Crippen LogP contribution < -0.4 is 10.6 Å². The summed E-state index contributed by atoms with van der Waals surface area (Å²) in [6, 6.07) is 19.7. The quantitative estimate of drug-likeness (QED) is 0.185. The van der Waals surface area contributed by atoms with E-state index in [0.717, 1.165) is 57.6 Å². The van der Waals surface area contributed by atoms with Crippen molar-refractivity contribution in [3.05, 3.63) is 95.4 Å². The van der Waals surface area contributed by atoms with Gasteiger partial charge in [-0.1, -0.05) is 43.3 Å². The standard InChI is InChI=1S/C34H40FN5O2S/c1-22(28-20-36-29-8-6-5-7-27(28)29)32(33(41)37-30-19-23(21-39(2)3)9-14-31(30)43-4)38-34(42)40-17-15-25(16-18-40)24-10-12-26(35)13-11-24/h5-14,19-20,22,25,32,36H,15-18,21H2,1-4H3,(H,37,41)(H,38,42)/t22-,32+/m0/s1. The fourth-order valence-electron chi connectivity index (χ4n) is 5.97. The second kappa shape index (κ2) is 13.7. The van der Waals surface area contributed by atoms with Crippen LogP contribution in [-0.4, -0.2) is 66.2 Å². The highest BCUT2D eigenvalue weighted by Crippen LogP contribution is 2.32. The molecule has 1 aliphatic heterocycles. The molecule has 3 aromatic carbocycles. The highest BCUT2D eigenvalue weighted by molar-refractivity contribution is 7.98. The number of hydrogen-bond acceptors (Lipinski definition) is 4. The van der Waals surface area contributed by atoms with E-state index < -0.39 is 6.04 Å². The molecule has 1 saturated heterocycles. The first-order valence-corrected chi connectivity index (χ1v) is 16.0. The summed E-state index contributed by atoms with van der Waals surface area (Å²) in [7, 11) is 4.02. The molecule has 226 valence electrons. The number of piperidine rings is 1. The number of rotatable bonds is 9. The molecule has 7 nitrogen and oxygen atoms in total. The number of thioether (sulfide) groups is 1. The molecule has 5 rings (SSSR count). The van der Waals surface area contributed by atoms with Gasteiger partial charge in [0.15, 0.2) is 0 Å². The minimum absolute atomic E-state index is 0.247. The molecule has 0 unspecified atom stereocenters. The van der Waals surface area contributed by atoms with Gasteiger partial charge in [-0.3, -0.25) is 4.79 Å². The number of likely N-dealkylation sites (tertiary alicyclic amines) is 1. The largest absolute Gasteiger partial charge is 0.361 e. The number of urea groups is 1. The number of nitrogens with zero attached hydrogens (tertiary/aromatic N) is 2. The second-order valence-electron chi connectivity index (χ2n) is 11.6. The number of amides is 3. The molecular weight excluding hydrogens is 561 g/mol. The zero-order chi connectivity index (χ0) is 30.5. The summed E-state index contributed by atoms with van der Waals surface area (Å²) in [5.41, 5.74) is 4.87. The van der Waals surface area contributed by atoms with Crippen LogP contribution in [0, 0.1) is 5.82 Å². The number of nitrogens with one attached hydrogen (secondary N) is 3. The minimum atomic E-state index is -0.811. The summed E-state index contributed by atoms with van der Waals surface area (Å²) >= 11 is 1.57. The predicted octanol–water partition coefficient (Wildman–Crippen LogP) is 6.79. The first-order chi connectivity index (χ1) is 20.7. The van der Waals surface area contributed by atoms with E-state index in [9.17, 15) is 14.0 Å². The van der Waals surface area contributed by atoms with Gasteiger partial charge in [-0.15, -0.1) is 11.8 Å². The molecule has 0 aliphatic carbocycles. The highest BCUT2D eigenvalue weighted by Gasteiger charge is 2.33. The number of fused-ring (bicyclic) bond motifs is 1. The number of aromatic amines is 1. The van der Waals surface area contributed by atoms with Gasteiger partial charge >= 0.3 is 6.03 Å². The monoisotopic (exact) mass is 601 g/mol. The first-order valence-electron chi connectivity index (χ1n) is 14.7. The van der Waals surface area contributed by atoms with Crippen molar-refractivity contribution in [2.75, 3.05) is 38.8 Å². The van der Waals surface area contributed by atoms with Crippen LogP contribution >= 0.6 is 11.8 Å². The van der Waals surface area contributed by atoms with Crippen molar-refractivity contribution >= 4 is 40.3 Å². The fourth-order valence-corrected chi connectivity index (χ4v) is 6.50. The third-order valence-electron chi connectivity index (χ3n) is 8.32. The van der Waals surface area contributed by atoms with Gasteiger partial charge < -0.3 is 25.4 Å². The Morgan fingerprint density at radius 3 is 2.49 bits per heavy atom. The topological polar surface area (TPSA) is 80.5 Å². The normalized spacial score (nSPS) is 15.4. The van der Waals surface area contributed by atoms with Crippen molar-refractivity contribution in [3.63, 3.8) is 0 Å². The molecular formula is C34H40FN5O2S. The van der Waals surface area contributed by atoms with Gasteiger partial charge in [0.1, 0.15) is 11.9 Å². The maximum atomic E-state index is 14.1. The Bertz CT molecular complexity index is 1560. The second-order valence-corrected chi connectivity index (χ2v) is 12.4. The molecule has 3 amide bonds. The first kappa shape index (κ1) is 30.6.